The number of nitrogens with zero attached hydrogens (tertiary/aromatic N) is 1. The second kappa shape index (κ2) is 14.6. The fourth-order valence-electron chi connectivity index (χ4n) is 4.10. The van der Waals surface area contributed by atoms with Gasteiger partial charge in [-0.15, -0.1) is 0 Å². The molecule has 12 heteroatoms. The number of hydrazone groups is 1. The Morgan fingerprint density at radius 1 is 1.10 bits per heavy atom. The molecule has 0 saturated carbocycles. The van der Waals surface area contributed by atoms with E-state index in [0.29, 0.717) is 49.0 Å². The van der Waals surface area contributed by atoms with E-state index in [1.54, 1.807) is 74.5 Å². The lowest BCUT2D eigenvalue weighted by Crippen LogP contribution is -2.45. The summed E-state index contributed by atoms with van der Waals surface area (Å²) in [6.07, 6.45) is 1.47. The molecule has 0 spiro atoms. The molecule has 0 saturated heterocycles. The predicted octanol–water partition coefficient (Wildman–Crippen LogP) is 5.05. The highest BCUT2D eigenvalue weighted by Gasteiger charge is 2.32. The van der Waals surface area contributed by atoms with Crippen LogP contribution in [0.3, 0.4) is 0 Å². The number of carbonyl (C=O) groups excluding carboxylic acids is 2. The lowest BCUT2D eigenvalue weighted by atomic mass is 9.95. The number of carbonyl (C=O) groups is 2. The molecule has 42 heavy (non-hydrogen) atoms. The fraction of sp³-hybridized carbons (Fsp3) is 0.200. The molecule has 9 nitrogen and oxygen atoms in total. The van der Waals surface area contributed by atoms with Gasteiger partial charge in [0.1, 0.15) is 23.9 Å². The summed E-state index contributed by atoms with van der Waals surface area (Å²) in [5, 5.41) is 10.4. The van der Waals surface area contributed by atoms with Crippen LogP contribution in [0.1, 0.15) is 36.6 Å². The standard InChI is InChI=1S/C30H28BrFN4O5S/c1-3-39-29(38)27-18(2)34-30(42)35-28(27)21-9-5-7-11-24(21)41-17-26(37)36-33-15-19-12-13-25(22(31)14-19)40-16-20-8-4-6-10-23(20)32/h4-15,28H,3,16-17H2,1-2H3,(H,36,37)(H2,34,35,42)/t28-/m1/s1. The maximum absolute atomic E-state index is 13.8. The highest BCUT2D eigenvalue weighted by Crippen LogP contribution is 2.33. The van der Waals surface area contributed by atoms with Crippen molar-refractivity contribution in [1.82, 2.24) is 16.1 Å². The number of hydrogen-bond donors (Lipinski definition) is 3. The van der Waals surface area contributed by atoms with Gasteiger partial charge < -0.3 is 24.8 Å². The summed E-state index contributed by atoms with van der Waals surface area (Å²) < 4.78 is 31.2. The number of allylic oxidation sites excluding steroid dienone is 1. The van der Waals surface area contributed by atoms with Gasteiger partial charge in [0.2, 0.25) is 0 Å². The van der Waals surface area contributed by atoms with Gasteiger partial charge in [-0.3, -0.25) is 4.79 Å². The van der Waals surface area contributed by atoms with E-state index in [1.165, 1.54) is 12.3 Å². The molecule has 1 heterocycles. The van der Waals surface area contributed by atoms with Gasteiger partial charge >= 0.3 is 5.97 Å². The van der Waals surface area contributed by atoms with Crippen molar-refractivity contribution in [3.63, 3.8) is 0 Å². The lowest BCUT2D eigenvalue weighted by molar-refractivity contribution is -0.139. The minimum absolute atomic E-state index is 0.0817. The summed E-state index contributed by atoms with van der Waals surface area (Å²) in [4.78, 5) is 25.2. The van der Waals surface area contributed by atoms with Gasteiger partial charge in [0.25, 0.3) is 5.91 Å². The van der Waals surface area contributed by atoms with Crippen molar-refractivity contribution in [3.05, 3.63) is 105 Å². The van der Waals surface area contributed by atoms with Crippen LogP contribution < -0.4 is 25.5 Å². The summed E-state index contributed by atoms with van der Waals surface area (Å²) >= 11 is 8.74. The average molecular weight is 656 g/mol. The molecule has 0 aromatic heterocycles. The van der Waals surface area contributed by atoms with Crippen molar-refractivity contribution in [2.75, 3.05) is 13.2 Å². The fourth-order valence-corrected chi connectivity index (χ4v) is 4.88. The maximum atomic E-state index is 13.8. The molecule has 0 fully saturated rings. The molecule has 3 N–H and O–H groups in total. The van der Waals surface area contributed by atoms with Gasteiger partial charge in [0.15, 0.2) is 11.7 Å². The summed E-state index contributed by atoms with van der Waals surface area (Å²) in [6, 6.07) is 18.0. The average Bonchev–Trinajstić information content (AvgIpc) is 2.96. The van der Waals surface area contributed by atoms with Gasteiger partial charge in [-0.05, 0) is 77.9 Å². The van der Waals surface area contributed by atoms with Crippen molar-refractivity contribution in [1.29, 1.82) is 0 Å². The first-order chi connectivity index (χ1) is 20.3. The summed E-state index contributed by atoms with van der Waals surface area (Å²) in [6.45, 7) is 3.45. The Hall–Kier alpha value is -4.29. The quantitative estimate of drug-likeness (QED) is 0.114. The molecular formula is C30H28BrFN4O5S. The second-order valence-electron chi connectivity index (χ2n) is 8.98. The third-order valence-corrected chi connectivity index (χ3v) is 6.89. The number of halogens is 2. The number of rotatable bonds is 11. The highest BCUT2D eigenvalue weighted by molar-refractivity contribution is 9.10. The smallest absolute Gasteiger partial charge is 0.338 e. The Labute approximate surface area is 256 Å². The predicted molar refractivity (Wildman–Crippen MR) is 163 cm³/mol. The lowest BCUT2D eigenvalue weighted by Gasteiger charge is -2.30. The van der Waals surface area contributed by atoms with Gasteiger partial charge in [-0.2, -0.15) is 5.10 Å². The number of amides is 1. The normalized spacial score (nSPS) is 14.7. The number of nitrogens with one attached hydrogen (secondary N) is 3. The van der Waals surface area contributed by atoms with Crippen molar-refractivity contribution >= 4 is 51.4 Å². The molecule has 1 amide bonds. The maximum Gasteiger partial charge on any atom is 0.338 e. The second-order valence-corrected chi connectivity index (χ2v) is 10.2. The molecular weight excluding hydrogens is 627 g/mol. The topological polar surface area (TPSA) is 110 Å². The SMILES string of the molecule is CCOC(=O)C1=C(C)NC(=S)N[C@@H]1c1ccccc1OCC(=O)NN=Cc1ccc(OCc2ccccc2F)c(Br)c1. The minimum Gasteiger partial charge on any atom is -0.488 e. The summed E-state index contributed by atoms with van der Waals surface area (Å²) in [7, 11) is 0. The zero-order valence-corrected chi connectivity index (χ0v) is 25.2. The first kappa shape index (κ1) is 30.7. The molecule has 1 aliphatic heterocycles. The van der Waals surface area contributed by atoms with Gasteiger partial charge in [-0.25, -0.2) is 14.6 Å². The minimum atomic E-state index is -0.632. The molecule has 1 atom stereocenters. The number of hydrogen-bond acceptors (Lipinski definition) is 7. The third-order valence-electron chi connectivity index (χ3n) is 6.05. The number of benzene rings is 3. The number of para-hydroxylation sites is 1. The zero-order chi connectivity index (χ0) is 30.1. The van der Waals surface area contributed by atoms with E-state index < -0.39 is 17.9 Å². The van der Waals surface area contributed by atoms with Crippen LogP contribution >= 0.6 is 28.1 Å². The Balaban J connectivity index is 1.35. The van der Waals surface area contributed by atoms with Crippen LogP contribution in [-0.4, -0.2) is 36.4 Å². The van der Waals surface area contributed by atoms with Crippen LogP contribution in [0.25, 0.3) is 0 Å². The van der Waals surface area contributed by atoms with Crippen LogP contribution in [-0.2, 0) is 20.9 Å². The molecule has 0 aliphatic carbocycles. The zero-order valence-electron chi connectivity index (χ0n) is 22.8. The van der Waals surface area contributed by atoms with E-state index in [2.05, 4.69) is 37.1 Å². The van der Waals surface area contributed by atoms with Crippen LogP contribution in [0, 0.1) is 5.82 Å². The largest absolute Gasteiger partial charge is 0.488 e. The first-order valence-corrected chi connectivity index (χ1v) is 14.1. The van der Waals surface area contributed by atoms with Gasteiger partial charge in [0, 0.05) is 16.8 Å². The van der Waals surface area contributed by atoms with E-state index in [-0.39, 0.29) is 25.6 Å². The van der Waals surface area contributed by atoms with Crippen molar-refractivity contribution < 1.29 is 28.2 Å². The Morgan fingerprint density at radius 3 is 2.62 bits per heavy atom. The van der Waals surface area contributed by atoms with Crippen molar-refractivity contribution in [3.8, 4) is 11.5 Å². The molecule has 0 bridgehead atoms. The van der Waals surface area contributed by atoms with Crippen molar-refractivity contribution in [2.45, 2.75) is 26.5 Å². The van der Waals surface area contributed by atoms with E-state index in [4.69, 9.17) is 26.4 Å². The van der Waals surface area contributed by atoms with E-state index in [1.807, 2.05) is 0 Å². The Morgan fingerprint density at radius 2 is 1.86 bits per heavy atom. The van der Waals surface area contributed by atoms with E-state index in [9.17, 15) is 14.0 Å². The van der Waals surface area contributed by atoms with E-state index >= 15 is 0 Å². The monoisotopic (exact) mass is 654 g/mol. The molecule has 0 radical (unpaired) electrons. The number of ether oxygens (including phenoxy) is 3. The van der Waals surface area contributed by atoms with Gasteiger partial charge in [-0.1, -0.05) is 36.4 Å². The first-order valence-electron chi connectivity index (χ1n) is 12.9. The molecule has 3 aromatic carbocycles. The molecule has 218 valence electrons. The molecule has 1 aliphatic rings. The van der Waals surface area contributed by atoms with Crippen LogP contribution in [0.4, 0.5) is 4.39 Å². The van der Waals surface area contributed by atoms with Crippen molar-refractivity contribution in [2.24, 2.45) is 5.10 Å². The third kappa shape index (κ3) is 7.92. The summed E-state index contributed by atoms with van der Waals surface area (Å²) in [5.41, 5.74) is 5.12. The van der Waals surface area contributed by atoms with Crippen LogP contribution in [0.15, 0.2) is 87.6 Å². The molecule has 3 aromatic rings. The Bertz CT molecular complexity index is 1550. The van der Waals surface area contributed by atoms with E-state index in [0.717, 1.165) is 0 Å². The van der Waals surface area contributed by atoms with Gasteiger partial charge in [0.05, 0.1) is 28.9 Å². The highest BCUT2D eigenvalue weighted by atomic mass is 79.9. The van der Waals surface area contributed by atoms with Crippen LogP contribution in [0.2, 0.25) is 0 Å². The Kier molecular flexibility index (Phi) is 10.6. The van der Waals surface area contributed by atoms with Crippen LogP contribution in [0.5, 0.6) is 11.5 Å². The number of esters is 1. The number of thiocarbonyl (C=S) groups is 1. The summed E-state index contributed by atoms with van der Waals surface area (Å²) in [5.74, 6) is -0.382. The molecule has 0 unspecified atom stereocenters. The molecule has 4 rings (SSSR count).